The molecule has 0 bridgehead atoms. The minimum atomic E-state index is -1.03. The summed E-state index contributed by atoms with van der Waals surface area (Å²) in [6.07, 6.45) is 0. The molecule has 2 unspecified atom stereocenters. The van der Waals surface area contributed by atoms with Crippen molar-refractivity contribution in [1.82, 2.24) is 0 Å². The van der Waals surface area contributed by atoms with Crippen LogP contribution in [0.3, 0.4) is 0 Å². The maximum Gasteiger partial charge on any atom is 0.297 e. The lowest BCUT2D eigenvalue weighted by Crippen LogP contribution is -2.42. The van der Waals surface area contributed by atoms with E-state index in [4.69, 9.17) is 4.74 Å². The summed E-state index contributed by atoms with van der Waals surface area (Å²) in [7, 11) is 1.53. The highest BCUT2D eigenvalue weighted by Gasteiger charge is 2.45. The molecule has 0 saturated carbocycles. The Morgan fingerprint density at radius 1 is 1.12 bits per heavy atom. The lowest BCUT2D eigenvalue weighted by molar-refractivity contribution is -0.507. The zero-order valence-corrected chi connectivity index (χ0v) is 15.3. The minimum Gasteiger partial charge on any atom is -0.437 e. The normalized spacial score (nSPS) is 20.3. The van der Waals surface area contributed by atoms with Crippen LogP contribution in [-0.2, 0) is 0 Å². The SMILES string of the molecule is CCN(CC)c1ccc(C2c3ccccc3OC(=NC)C2[N+](=O)[O-])cc1. The molecular weight excluding hydrogens is 330 g/mol. The lowest BCUT2D eigenvalue weighted by Gasteiger charge is -2.29. The van der Waals surface area contributed by atoms with Crippen LogP contribution < -0.4 is 9.64 Å². The van der Waals surface area contributed by atoms with Crippen LogP contribution in [0.15, 0.2) is 53.5 Å². The van der Waals surface area contributed by atoms with E-state index >= 15 is 0 Å². The number of rotatable bonds is 5. The average Bonchev–Trinajstić information content (AvgIpc) is 2.67. The third-order valence-electron chi connectivity index (χ3n) is 4.87. The number of nitrogens with zero attached hydrogens (tertiary/aromatic N) is 3. The van der Waals surface area contributed by atoms with Gasteiger partial charge in [0, 0.05) is 36.3 Å². The molecule has 2 atom stereocenters. The van der Waals surface area contributed by atoms with Crippen molar-refractivity contribution in [2.24, 2.45) is 4.99 Å². The van der Waals surface area contributed by atoms with Gasteiger partial charge in [-0.15, -0.1) is 0 Å². The molecular formula is C20H23N3O3. The van der Waals surface area contributed by atoms with Gasteiger partial charge < -0.3 is 9.64 Å². The van der Waals surface area contributed by atoms with Crippen molar-refractivity contribution in [1.29, 1.82) is 0 Å². The summed E-state index contributed by atoms with van der Waals surface area (Å²) in [5.74, 6) is 0.343. The Morgan fingerprint density at radius 2 is 1.77 bits per heavy atom. The molecule has 0 aromatic heterocycles. The smallest absolute Gasteiger partial charge is 0.297 e. The van der Waals surface area contributed by atoms with Crippen LogP contribution in [0.5, 0.6) is 5.75 Å². The van der Waals surface area contributed by atoms with Crippen molar-refractivity contribution in [3.05, 3.63) is 69.8 Å². The van der Waals surface area contributed by atoms with Crippen molar-refractivity contribution in [2.45, 2.75) is 25.8 Å². The minimum absolute atomic E-state index is 0.145. The number of ether oxygens (including phenoxy) is 1. The summed E-state index contributed by atoms with van der Waals surface area (Å²) in [5, 5.41) is 11.8. The molecule has 3 rings (SSSR count). The Kier molecular flexibility index (Phi) is 5.21. The number of benzene rings is 2. The van der Waals surface area contributed by atoms with Crippen molar-refractivity contribution < 1.29 is 9.66 Å². The molecule has 0 radical (unpaired) electrons. The van der Waals surface area contributed by atoms with Gasteiger partial charge in [-0.05, 0) is 37.6 Å². The predicted octanol–water partition coefficient (Wildman–Crippen LogP) is 3.73. The summed E-state index contributed by atoms with van der Waals surface area (Å²) < 4.78 is 5.70. The van der Waals surface area contributed by atoms with Gasteiger partial charge in [0.1, 0.15) is 5.75 Å². The van der Waals surface area contributed by atoms with Crippen LogP contribution in [0, 0.1) is 10.1 Å². The highest BCUT2D eigenvalue weighted by molar-refractivity contribution is 5.87. The summed E-state index contributed by atoms with van der Waals surface area (Å²) in [6.45, 7) is 6.05. The first-order valence-corrected chi connectivity index (χ1v) is 8.82. The molecule has 1 heterocycles. The van der Waals surface area contributed by atoms with Crippen molar-refractivity contribution in [2.75, 3.05) is 25.0 Å². The van der Waals surface area contributed by atoms with Crippen LogP contribution in [0.4, 0.5) is 5.69 Å². The van der Waals surface area contributed by atoms with Gasteiger partial charge in [0.15, 0.2) is 0 Å². The first kappa shape index (κ1) is 17.9. The van der Waals surface area contributed by atoms with Crippen LogP contribution in [0.1, 0.15) is 30.9 Å². The average molecular weight is 353 g/mol. The molecule has 0 aliphatic carbocycles. The van der Waals surface area contributed by atoms with Crippen molar-refractivity contribution in [3.8, 4) is 5.75 Å². The molecule has 2 aromatic rings. The molecule has 1 aliphatic heterocycles. The standard InChI is InChI=1S/C20H23N3O3/c1-4-22(5-2)15-12-10-14(11-13-15)18-16-8-6-7-9-17(16)26-20(21-3)19(18)23(24)25/h6-13,18-19H,4-5H2,1-3H3. The van der Waals surface area contributed by atoms with E-state index in [0.29, 0.717) is 5.75 Å². The third-order valence-corrected chi connectivity index (χ3v) is 4.87. The molecule has 0 saturated heterocycles. The highest BCUT2D eigenvalue weighted by atomic mass is 16.6. The Bertz CT molecular complexity index is 813. The van der Waals surface area contributed by atoms with E-state index in [1.807, 2.05) is 48.5 Å². The van der Waals surface area contributed by atoms with Gasteiger partial charge in [-0.3, -0.25) is 15.1 Å². The van der Waals surface area contributed by atoms with Gasteiger partial charge >= 0.3 is 0 Å². The molecule has 6 nitrogen and oxygen atoms in total. The molecule has 0 amide bonds. The lowest BCUT2D eigenvalue weighted by atomic mass is 9.83. The van der Waals surface area contributed by atoms with Crippen LogP contribution >= 0.6 is 0 Å². The monoisotopic (exact) mass is 353 g/mol. The van der Waals surface area contributed by atoms with E-state index in [1.54, 1.807) is 0 Å². The highest BCUT2D eigenvalue weighted by Crippen LogP contribution is 2.40. The number of aliphatic imine (C=N–C) groups is 1. The number of anilines is 1. The van der Waals surface area contributed by atoms with Crippen molar-refractivity contribution in [3.63, 3.8) is 0 Å². The van der Waals surface area contributed by atoms with Gasteiger partial charge in [0.2, 0.25) is 0 Å². The zero-order valence-electron chi connectivity index (χ0n) is 15.3. The van der Waals surface area contributed by atoms with Crippen LogP contribution in [0.2, 0.25) is 0 Å². The second-order valence-electron chi connectivity index (χ2n) is 6.17. The molecule has 2 aromatic carbocycles. The Morgan fingerprint density at radius 3 is 2.35 bits per heavy atom. The number of para-hydroxylation sites is 1. The fraction of sp³-hybridized carbons (Fsp3) is 0.350. The first-order valence-electron chi connectivity index (χ1n) is 8.82. The summed E-state index contributed by atoms with van der Waals surface area (Å²) >= 11 is 0. The van der Waals surface area contributed by atoms with Gasteiger partial charge in [0.05, 0.1) is 5.92 Å². The molecule has 136 valence electrons. The second kappa shape index (κ2) is 7.56. The molecule has 26 heavy (non-hydrogen) atoms. The second-order valence-corrected chi connectivity index (χ2v) is 6.17. The summed E-state index contributed by atoms with van der Waals surface area (Å²) in [4.78, 5) is 17.8. The largest absolute Gasteiger partial charge is 0.437 e. The van der Waals surface area contributed by atoms with Gasteiger partial charge in [-0.25, -0.2) is 0 Å². The van der Waals surface area contributed by atoms with Crippen LogP contribution in [-0.4, -0.2) is 37.0 Å². The van der Waals surface area contributed by atoms with E-state index in [0.717, 1.165) is 29.9 Å². The van der Waals surface area contributed by atoms with E-state index in [9.17, 15) is 10.1 Å². The van der Waals surface area contributed by atoms with Crippen LogP contribution in [0.25, 0.3) is 0 Å². The maximum absolute atomic E-state index is 11.8. The number of fused-ring (bicyclic) bond motifs is 1. The Hall–Kier alpha value is -2.89. The number of hydrogen-bond acceptors (Lipinski definition) is 5. The topological polar surface area (TPSA) is 68.0 Å². The van der Waals surface area contributed by atoms with E-state index < -0.39 is 12.0 Å². The Labute approximate surface area is 153 Å². The maximum atomic E-state index is 11.8. The molecule has 0 spiro atoms. The zero-order chi connectivity index (χ0) is 18.7. The van der Waals surface area contributed by atoms with E-state index in [1.165, 1.54) is 7.05 Å². The Balaban J connectivity index is 2.09. The molecule has 6 heteroatoms. The predicted molar refractivity (Wildman–Crippen MR) is 103 cm³/mol. The van der Waals surface area contributed by atoms with Gasteiger partial charge in [-0.1, -0.05) is 30.3 Å². The van der Waals surface area contributed by atoms with Crippen molar-refractivity contribution >= 4 is 11.6 Å². The van der Waals surface area contributed by atoms with E-state index in [-0.39, 0.29) is 10.8 Å². The van der Waals surface area contributed by atoms with Gasteiger partial charge in [0.25, 0.3) is 11.9 Å². The summed E-state index contributed by atoms with van der Waals surface area (Å²) in [6, 6.07) is 14.4. The fourth-order valence-electron chi connectivity index (χ4n) is 3.55. The molecule has 1 aliphatic rings. The molecule has 0 fully saturated rings. The first-order chi connectivity index (χ1) is 12.6. The number of nitro groups is 1. The number of hydrogen-bond donors (Lipinski definition) is 0. The van der Waals surface area contributed by atoms with E-state index in [2.05, 4.69) is 23.7 Å². The quantitative estimate of drug-likeness (QED) is 0.607. The van der Waals surface area contributed by atoms with Gasteiger partial charge in [-0.2, -0.15) is 0 Å². The third kappa shape index (κ3) is 3.14. The molecule has 0 N–H and O–H groups in total. The fourth-order valence-corrected chi connectivity index (χ4v) is 3.55. The summed E-state index contributed by atoms with van der Waals surface area (Å²) in [5.41, 5.74) is 2.82.